The summed E-state index contributed by atoms with van der Waals surface area (Å²) < 4.78 is 0. The van der Waals surface area contributed by atoms with E-state index >= 15 is 0 Å². The second kappa shape index (κ2) is 6.34. The van der Waals surface area contributed by atoms with Gasteiger partial charge in [-0.3, -0.25) is 9.80 Å². The van der Waals surface area contributed by atoms with Gasteiger partial charge in [0.15, 0.2) is 0 Å². The lowest BCUT2D eigenvalue weighted by molar-refractivity contribution is 0.0552. The Balaban J connectivity index is 1.56. The zero-order chi connectivity index (χ0) is 14.8. The minimum Gasteiger partial charge on any atom is -0.378 e. The minimum absolute atomic E-state index is 0.517. The van der Waals surface area contributed by atoms with Crippen LogP contribution in [0.1, 0.15) is 18.5 Å². The van der Waals surface area contributed by atoms with E-state index in [0.717, 1.165) is 6.04 Å². The fraction of sp³-hybridized carbons (Fsp3) is 0.647. The van der Waals surface area contributed by atoms with Gasteiger partial charge in [0, 0.05) is 71.1 Å². The first kappa shape index (κ1) is 14.8. The predicted molar refractivity (Wildman–Crippen MR) is 89.0 cm³/mol. The van der Waals surface area contributed by atoms with Crippen LogP contribution < -0.4 is 10.2 Å². The van der Waals surface area contributed by atoms with Crippen LogP contribution in [0.4, 0.5) is 5.69 Å². The van der Waals surface area contributed by atoms with Crippen molar-refractivity contribution >= 4 is 5.69 Å². The van der Waals surface area contributed by atoms with Crippen LogP contribution in [0, 0.1) is 0 Å². The second-order valence-electron chi connectivity index (χ2n) is 6.55. The summed E-state index contributed by atoms with van der Waals surface area (Å²) in [7, 11) is 4.18. The van der Waals surface area contributed by atoms with Crippen LogP contribution in [-0.4, -0.2) is 69.2 Å². The number of benzene rings is 1. The van der Waals surface area contributed by atoms with E-state index in [2.05, 4.69) is 65.3 Å². The molecule has 4 heteroatoms. The van der Waals surface area contributed by atoms with Gasteiger partial charge in [0.25, 0.3) is 0 Å². The van der Waals surface area contributed by atoms with Crippen molar-refractivity contribution in [2.75, 3.05) is 58.3 Å². The van der Waals surface area contributed by atoms with E-state index in [-0.39, 0.29) is 0 Å². The normalized spacial score (nSPS) is 22.8. The summed E-state index contributed by atoms with van der Waals surface area (Å²) in [6.45, 7) is 9.51. The van der Waals surface area contributed by atoms with Crippen LogP contribution in [0.2, 0.25) is 0 Å². The minimum atomic E-state index is 0.517. The monoisotopic (exact) mass is 288 g/mol. The number of hydrogen-bond acceptors (Lipinski definition) is 4. The Morgan fingerprint density at radius 3 is 2.14 bits per heavy atom. The van der Waals surface area contributed by atoms with Crippen molar-refractivity contribution in [2.45, 2.75) is 19.0 Å². The zero-order valence-electron chi connectivity index (χ0n) is 13.5. The third kappa shape index (κ3) is 3.23. The lowest BCUT2D eigenvalue weighted by Gasteiger charge is -2.44. The average molecular weight is 288 g/mol. The summed E-state index contributed by atoms with van der Waals surface area (Å²) >= 11 is 0. The third-order valence-corrected chi connectivity index (χ3v) is 5.06. The smallest absolute Gasteiger partial charge is 0.0361 e. The Morgan fingerprint density at radius 1 is 1.05 bits per heavy atom. The Hall–Kier alpha value is -1.10. The van der Waals surface area contributed by atoms with Gasteiger partial charge in [-0.2, -0.15) is 0 Å². The van der Waals surface area contributed by atoms with Gasteiger partial charge < -0.3 is 10.2 Å². The molecule has 4 nitrogen and oxygen atoms in total. The number of hydrogen-bond donors (Lipinski definition) is 1. The predicted octanol–water partition coefficient (Wildman–Crippen LogP) is 1.40. The molecule has 2 heterocycles. The van der Waals surface area contributed by atoms with Crippen molar-refractivity contribution in [3.8, 4) is 0 Å². The molecule has 0 aromatic heterocycles. The first-order valence-electron chi connectivity index (χ1n) is 8.11. The molecule has 0 amide bonds. The van der Waals surface area contributed by atoms with E-state index in [0.29, 0.717) is 6.04 Å². The molecule has 1 aromatic carbocycles. The largest absolute Gasteiger partial charge is 0.378 e. The molecule has 21 heavy (non-hydrogen) atoms. The van der Waals surface area contributed by atoms with Gasteiger partial charge in [0.05, 0.1) is 0 Å². The van der Waals surface area contributed by atoms with Gasteiger partial charge in [-0.1, -0.05) is 12.1 Å². The number of anilines is 1. The summed E-state index contributed by atoms with van der Waals surface area (Å²) in [5.74, 6) is 0. The highest BCUT2D eigenvalue weighted by molar-refractivity contribution is 5.46. The molecular weight excluding hydrogens is 260 g/mol. The summed E-state index contributed by atoms with van der Waals surface area (Å²) in [6, 6.07) is 10.3. The second-order valence-corrected chi connectivity index (χ2v) is 6.55. The summed E-state index contributed by atoms with van der Waals surface area (Å²) in [5, 5.41) is 3.37. The van der Waals surface area contributed by atoms with Crippen molar-refractivity contribution < 1.29 is 0 Å². The van der Waals surface area contributed by atoms with E-state index in [1.54, 1.807) is 0 Å². The van der Waals surface area contributed by atoms with E-state index in [4.69, 9.17) is 0 Å². The maximum atomic E-state index is 3.37. The molecular formula is C17H28N4. The number of nitrogens with one attached hydrogen (secondary N) is 1. The van der Waals surface area contributed by atoms with Crippen LogP contribution in [0.5, 0.6) is 0 Å². The van der Waals surface area contributed by atoms with Crippen molar-refractivity contribution in [3.05, 3.63) is 29.8 Å². The van der Waals surface area contributed by atoms with Crippen molar-refractivity contribution in [1.82, 2.24) is 15.1 Å². The molecule has 2 aliphatic heterocycles. The topological polar surface area (TPSA) is 21.8 Å². The first-order valence-corrected chi connectivity index (χ1v) is 8.11. The average Bonchev–Trinajstić information content (AvgIpc) is 2.46. The van der Waals surface area contributed by atoms with Crippen LogP contribution >= 0.6 is 0 Å². The van der Waals surface area contributed by atoms with Crippen LogP contribution in [-0.2, 0) is 0 Å². The van der Waals surface area contributed by atoms with Gasteiger partial charge >= 0.3 is 0 Å². The molecule has 2 saturated heterocycles. The van der Waals surface area contributed by atoms with Gasteiger partial charge in [-0.15, -0.1) is 0 Å². The highest BCUT2D eigenvalue weighted by Gasteiger charge is 2.29. The SMILES string of the molecule is CC(c1ccc(N(C)C)cc1)N1CCN(C2CNC2)CC1. The molecule has 0 spiro atoms. The van der Waals surface area contributed by atoms with Crippen molar-refractivity contribution in [1.29, 1.82) is 0 Å². The molecule has 116 valence electrons. The Morgan fingerprint density at radius 2 is 1.67 bits per heavy atom. The van der Waals surface area contributed by atoms with Gasteiger partial charge in [-0.05, 0) is 24.6 Å². The number of rotatable bonds is 4. The Labute approximate surface area is 128 Å². The van der Waals surface area contributed by atoms with E-state index in [1.807, 2.05) is 0 Å². The molecule has 0 saturated carbocycles. The Bertz CT molecular complexity index is 444. The third-order valence-electron chi connectivity index (χ3n) is 5.06. The lowest BCUT2D eigenvalue weighted by Crippen LogP contribution is -2.61. The lowest BCUT2D eigenvalue weighted by atomic mass is 10.0. The molecule has 0 aliphatic carbocycles. The van der Waals surface area contributed by atoms with Gasteiger partial charge in [-0.25, -0.2) is 0 Å². The molecule has 2 fully saturated rings. The van der Waals surface area contributed by atoms with E-state index in [1.165, 1.54) is 50.5 Å². The number of nitrogens with zero attached hydrogens (tertiary/aromatic N) is 3. The van der Waals surface area contributed by atoms with E-state index < -0.39 is 0 Å². The molecule has 0 bridgehead atoms. The number of piperazine rings is 1. The maximum Gasteiger partial charge on any atom is 0.0361 e. The van der Waals surface area contributed by atoms with Crippen LogP contribution in [0.15, 0.2) is 24.3 Å². The van der Waals surface area contributed by atoms with Crippen LogP contribution in [0.25, 0.3) is 0 Å². The highest BCUT2D eigenvalue weighted by atomic mass is 15.3. The summed E-state index contributed by atoms with van der Waals surface area (Å²) in [6.07, 6.45) is 0. The maximum absolute atomic E-state index is 3.37. The molecule has 2 aliphatic rings. The van der Waals surface area contributed by atoms with Crippen molar-refractivity contribution in [2.24, 2.45) is 0 Å². The molecule has 0 radical (unpaired) electrons. The molecule has 3 rings (SSSR count). The summed E-state index contributed by atoms with van der Waals surface area (Å²) in [5.41, 5.74) is 2.70. The van der Waals surface area contributed by atoms with Gasteiger partial charge in [0.1, 0.15) is 0 Å². The Kier molecular flexibility index (Phi) is 4.48. The van der Waals surface area contributed by atoms with Gasteiger partial charge in [0.2, 0.25) is 0 Å². The first-order chi connectivity index (χ1) is 10.1. The quantitative estimate of drug-likeness (QED) is 0.904. The van der Waals surface area contributed by atoms with Crippen molar-refractivity contribution in [3.63, 3.8) is 0 Å². The molecule has 1 atom stereocenters. The molecule has 1 N–H and O–H groups in total. The fourth-order valence-electron chi connectivity index (χ4n) is 3.28. The molecule has 1 aromatic rings. The van der Waals surface area contributed by atoms with Crippen LogP contribution in [0.3, 0.4) is 0 Å². The molecule has 1 unspecified atom stereocenters. The van der Waals surface area contributed by atoms with E-state index in [9.17, 15) is 0 Å². The fourth-order valence-corrected chi connectivity index (χ4v) is 3.28. The summed E-state index contributed by atoms with van der Waals surface area (Å²) in [4.78, 5) is 7.42. The highest BCUT2D eigenvalue weighted by Crippen LogP contribution is 2.24. The zero-order valence-corrected chi connectivity index (χ0v) is 13.5. The standard InChI is InChI=1S/C17H28N4/c1-14(15-4-6-16(7-5-15)19(2)3)20-8-10-21(11-9-20)17-12-18-13-17/h4-7,14,17-18H,8-13H2,1-3H3.